The molecule has 0 radical (unpaired) electrons. The summed E-state index contributed by atoms with van der Waals surface area (Å²) in [6, 6.07) is 0. The van der Waals surface area contributed by atoms with Crippen LogP contribution in [0.25, 0.3) is 0 Å². The van der Waals surface area contributed by atoms with E-state index in [9.17, 15) is 8.42 Å². The maximum atomic E-state index is 10.5. The molecule has 0 atom stereocenters. The Hall–Kier alpha value is 0.220. The van der Waals surface area contributed by atoms with Crippen molar-refractivity contribution < 1.29 is 12.6 Å². The zero-order chi connectivity index (χ0) is 7.33. The summed E-state index contributed by atoms with van der Waals surface area (Å²) in [6.07, 6.45) is 0. The van der Waals surface area contributed by atoms with Gasteiger partial charge in [0.05, 0.1) is 12.4 Å². The largest absolute Gasteiger partial charge is 0.317 e. The number of nitrogens with one attached hydrogen (secondary N) is 1. The van der Waals surface area contributed by atoms with Gasteiger partial charge in [0.25, 0.3) is 0 Å². The van der Waals surface area contributed by atoms with Gasteiger partial charge in [-0.2, -0.15) is 0 Å². The SMILES string of the molecule is CNS(=O)(=O)CCOS. The van der Waals surface area contributed by atoms with E-state index in [0.29, 0.717) is 0 Å². The van der Waals surface area contributed by atoms with Gasteiger partial charge >= 0.3 is 0 Å². The molecule has 0 rings (SSSR count). The Kier molecular flexibility index (Phi) is 4.20. The van der Waals surface area contributed by atoms with Crippen molar-refractivity contribution in [1.82, 2.24) is 4.72 Å². The van der Waals surface area contributed by atoms with Gasteiger partial charge < -0.3 is 4.18 Å². The summed E-state index contributed by atoms with van der Waals surface area (Å²) < 4.78 is 27.5. The van der Waals surface area contributed by atoms with Crippen LogP contribution in [0.5, 0.6) is 0 Å². The molecule has 0 amide bonds. The van der Waals surface area contributed by atoms with Crippen LogP contribution in [0.3, 0.4) is 0 Å². The smallest absolute Gasteiger partial charge is 0.213 e. The predicted molar refractivity (Wildman–Crippen MR) is 37.8 cm³/mol. The Labute approximate surface area is 60.3 Å². The molecular weight excluding hydrogens is 162 g/mol. The van der Waals surface area contributed by atoms with Gasteiger partial charge in [0.1, 0.15) is 0 Å². The fourth-order valence-corrected chi connectivity index (χ4v) is 0.971. The van der Waals surface area contributed by atoms with Crippen molar-refractivity contribution in [3.8, 4) is 0 Å². The Balaban J connectivity index is 3.61. The second-order valence-corrected chi connectivity index (χ2v) is 3.66. The Morgan fingerprint density at radius 1 is 1.67 bits per heavy atom. The highest BCUT2D eigenvalue weighted by Gasteiger charge is 2.04. The first kappa shape index (κ1) is 9.22. The zero-order valence-corrected chi connectivity index (χ0v) is 6.71. The van der Waals surface area contributed by atoms with Crippen LogP contribution in [-0.2, 0) is 14.2 Å². The van der Waals surface area contributed by atoms with E-state index in [0.717, 1.165) is 0 Å². The average molecular weight is 171 g/mol. The molecule has 0 aromatic rings. The van der Waals surface area contributed by atoms with Gasteiger partial charge in [-0.3, -0.25) is 0 Å². The van der Waals surface area contributed by atoms with Gasteiger partial charge in [-0.1, -0.05) is 0 Å². The summed E-state index contributed by atoms with van der Waals surface area (Å²) in [5, 5.41) is 0. The van der Waals surface area contributed by atoms with E-state index in [2.05, 4.69) is 21.8 Å². The van der Waals surface area contributed by atoms with Crippen molar-refractivity contribution in [2.24, 2.45) is 0 Å². The van der Waals surface area contributed by atoms with Gasteiger partial charge in [-0.05, 0) is 20.0 Å². The Bertz CT molecular complexity index is 152. The van der Waals surface area contributed by atoms with Crippen molar-refractivity contribution in [2.45, 2.75) is 0 Å². The van der Waals surface area contributed by atoms with E-state index in [4.69, 9.17) is 0 Å². The highest BCUT2D eigenvalue weighted by Crippen LogP contribution is 1.84. The van der Waals surface area contributed by atoms with E-state index in [1.165, 1.54) is 7.05 Å². The average Bonchev–Trinajstić information content (AvgIpc) is 1.84. The van der Waals surface area contributed by atoms with Gasteiger partial charge in [-0.25, -0.2) is 13.1 Å². The van der Waals surface area contributed by atoms with Gasteiger partial charge in [0.15, 0.2) is 0 Å². The van der Waals surface area contributed by atoms with E-state index < -0.39 is 10.0 Å². The molecule has 1 N–H and O–H groups in total. The molecule has 0 fully saturated rings. The number of hydrogen-bond acceptors (Lipinski definition) is 4. The van der Waals surface area contributed by atoms with Crippen LogP contribution in [0.1, 0.15) is 0 Å². The topological polar surface area (TPSA) is 55.4 Å². The number of rotatable bonds is 4. The molecule has 0 saturated heterocycles. The van der Waals surface area contributed by atoms with E-state index in [-0.39, 0.29) is 12.4 Å². The first-order valence-electron chi connectivity index (χ1n) is 2.30. The Morgan fingerprint density at radius 2 is 2.22 bits per heavy atom. The van der Waals surface area contributed by atoms with Crippen molar-refractivity contribution in [3.05, 3.63) is 0 Å². The second-order valence-electron chi connectivity index (χ2n) is 1.36. The first-order chi connectivity index (χ1) is 4.12. The predicted octanol–water partition coefficient (Wildman–Crippen LogP) is -0.603. The van der Waals surface area contributed by atoms with Crippen molar-refractivity contribution >= 4 is 22.9 Å². The molecular formula is C3H9NO3S2. The molecule has 0 unspecified atom stereocenters. The molecule has 0 heterocycles. The highest BCUT2D eigenvalue weighted by molar-refractivity contribution is 7.89. The van der Waals surface area contributed by atoms with Gasteiger partial charge in [0, 0.05) is 0 Å². The summed E-state index contributed by atoms with van der Waals surface area (Å²) in [4.78, 5) is 0. The molecule has 56 valence electrons. The third-order valence-electron chi connectivity index (χ3n) is 0.754. The monoisotopic (exact) mass is 171 g/mol. The van der Waals surface area contributed by atoms with Crippen LogP contribution >= 0.6 is 12.9 Å². The third kappa shape index (κ3) is 4.71. The zero-order valence-electron chi connectivity index (χ0n) is 4.99. The minimum Gasteiger partial charge on any atom is -0.317 e. The number of hydrogen-bond donors (Lipinski definition) is 2. The normalized spacial score (nSPS) is 11.8. The summed E-state index contributed by atoms with van der Waals surface area (Å²) in [6.45, 7) is 0.103. The van der Waals surface area contributed by atoms with Crippen molar-refractivity contribution in [3.63, 3.8) is 0 Å². The third-order valence-corrected chi connectivity index (χ3v) is 2.26. The fraction of sp³-hybridized carbons (Fsp3) is 1.00. The van der Waals surface area contributed by atoms with Crippen LogP contribution in [0.15, 0.2) is 0 Å². The van der Waals surface area contributed by atoms with Crippen molar-refractivity contribution in [2.75, 3.05) is 19.4 Å². The molecule has 0 aromatic heterocycles. The Morgan fingerprint density at radius 3 is 2.56 bits per heavy atom. The van der Waals surface area contributed by atoms with Crippen LogP contribution in [-0.4, -0.2) is 27.8 Å². The fourth-order valence-electron chi connectivity index (χ4n) is 0.249. The maximum absolute atomic E-state index is 10.5. The highest BCUT2D eigenvalue weighted by atomic mass is 32.2. The lowest BCUT2D eigenvalue weighted by atomic mass is 10.9. The molecule has 0 aliphatic carbocycles. The molecule has 9 heavy (non-hydrogen) atoms. The lowest BCUT2D eigenvalue weighted by molar-refractivity contribution is 0.409. The van der Waals surface area contributed by atoms with Crippen LogP contribution in [0.2, 0.25) is 0 Å². The molecule has 4 nitrogen and oxygen atoms in total. The second kappa shape index (κ2) is 4.10. The maximum Gasteiger partial charge on any atom is 0.213 e. The number of sulfonamides is 1. The van der Waals surface area contributed by atoms with Crippen LogP contribution in [0.4, 0.5) is 0 Å². The van der Waals surface area contributed by atoms with Crippen LogP contribution in [0, 0.1) is 0 Å². The van der Waals surface area contributed by atoms with Crippen LogP contribution < -0.4 is 4.72 Å². The van der Waals surface area contributed by atoms with Gasteiger partial charge in [0.2, 0.25) is 10.0 Å². The van der Waals surface area contributed by atoms with E-state index in [1.54, 1.807) is 0 Å². The quantitative estimate of drug-likeness (QED) is 0.438. The molecule has 6 heteroatoms. The first-order valence-corrected chi connectivity index (χ1v) is 4.31. The minimum absolute atomic E-state index is 0.0486. The molecule has 0 aliphatic rings. The summed E-state index contributed by atoms with van der Waals surface area (Å²) in [5.74, 6) is -0.0486. The molecule has 0 spiro atoms. The van der Waals surface area contributed by atoms with Crippen molar-refractivity contribution in [1.29, 1.82) is 0 Å². The lowest BCUT2D eigenvalue weighted by Gasteiger charge is -1.97. The molecule has 0 saturated carbocycles. The molecule has 0 aromatic carbocycles. The summed E-state index contributed by atoms with van der Waals surface area (Å²) in [5.41, 5.74) is 0. The minimum atomic E-state index is -3.11. The summed E-state index contributed by atoms with van der Waals surface area (Å²) >= 11 is 3.38. The van der Waals surface area contributed by atoms with E-state index in [1.807, 2.05) is 0 Å². The lowest BCUT2D eigenvalue weighted by Crippen LogP contribution is -2.23. The standard InChI is InChI=1S/C3H9NO3S2/c1-4-9(5,6)3-2-7-8/h4,8H,2-3H2,1H3. The van der Waals surface area contributed by atoms with Gasteiger partial charge in [-0.15, -0.1) is 0 Å². The molecule has 0 bridgehead atoms. The summed E-state index contributed by atoms with van der Waals surface area (Å²) in [7, 11) is -1.75. The number of thiol groups is 1. The molecule has 0 aliphatic heterocycles. The van der Waals surface area contributed by atoms with E-state index >= 15 is 0 Å².